The van der Waals surface area contributed by atoms with Crippen LogP contribution in [0.2, 0.25) is 0 Å². The Morgan fingerprint density at radius 3 is 2.63 bits per heavy atom. The predicted octanol–water partition coefficient (Wildman–Crippen LogP) is 4.70. The molecule has 210 valence electrons. The van der Waals surface area contributed by atoms with Gasteiger partial charge in [-0.2, -0.15) is 0 Å². The van der Waals surface area contributed by atoms with Crippen LogP contribution in [0.5, 0.6) is 0 Å². The zero-order valence-electron chi connectivity index (χ0n) is 23.4. The standard InChI is InChI=1S/C30H44BrN3O4/c1-20(2)38-29(37)33-18-30(19-33,24-17-23(31)12-11-22(24)4)27(36)15-21(3)16-28-32-25-9-5-6-10-26(25)34(28)13-7-8-14-35/h11-12,17,20-21,29,35,37H,5-10,13-16,18-19H2,1-4H3. The molecule has 0 radical (unpaired) electrons. The van der Waals surface area contributed by atoms with Crippen LogP contribution in [0.3, 0.4) is 0 Å². The lowest BCUT2D eigenvalue weighted by Crippen LogP contribution is -2.67. The molecule has 1 aromatic heterocycles. The molecule has 0 spiro atoms. The number of halogens is 1. The third kappa shape index (κ3) is 6.41. The summed E-state index contributed by atoms with van der Waals surface area (Å²) < 4.78 is 8.93. The summed E-state index contributed by atoms with van der Waals surface area (Å²) in [6.45, 7) is 9.96. The first-order valence-corrected chi connectivity index (χ1v) is 15.0. The molecule has 4 rings (SSSR count). The number of unbranched alkanes of at least 4 members (excludes halogenated alkanes) is 1. The number of rotatable bonds is 13. The molecule has 2 aliphatic rings. The van der Waals surface area contributed by atoms with E-state index in [9.17, 15) is 15.0 Å². The predicted molar refractivity (Wildman–Crippen MR) is 152 cm³/mol. The van der Waals surface area contributed by atoms with Crippen LogP contribution >= 0.6 is 15.9 Å². The number of carbonyl (C=O) groups excluding carboxylic acids is 1. The number of carbonyl (C=O) groups is 1. The van der Waals surface area contributed by atoms with Crippen LogP contribution in [0.15, 0.2) is 22.7 Å². The maximum absolute atomic E-state index is 14.1. The fourth-order valence-corrected chi connectivity index (χ4v) is 6.45. The molecule has 2 aromatic rings. The highest BCUT2D eigenvalue weighted by Crippen LogP contribution is 2.41. The first-order chi connectivity index (χ1) is 18.1. The van der Waals surface area contributed by atoms with Gasteiger partial charge < -0.3 is 19.5 Å². The van der Waals surface area contributed by atoms with Crippen molar-refractivity contribution >= 4 is 21.7 Å². The van der Waals surface area contributed by atoms with Crippen molar-refractivity contribution in [3.05, 3.63) is 51.0 Å². The Kier molecular flexibility index (Phi) is 9.85. The van der Waals surface area contributed by atoms with Gasteiger partial charge in [0.25, 0.3) is 0 Å². The number of hydrogen-bond donors (Lipinski definition) is 2. The van der Waals surface area contributed by atoms with Crippen LogP contribution in [0.1, 0.15) is 81.2 Å². The molecule has 1 fully saturated rings. The highest BCUT2D eigenvalue weighted by molar-refractivity contribution is 9.10. The second-order valence-electron chi connectivity index (χ2n) is 11.6. The van der Waals surface area contributed by atoms with E-state index in [1.54, 1.807) is 0 Å². The Morgan fingerprint density at radius 2 is 1.92 bits per heavy atom. The van der Waals surface area contributed by atoms with Crippen LogP contribution in [0, 0.1) is 12.8 Å². The number of aryl methyl sites for hydroxylation is 2. The number of aromatic nitrogens is 2. The van der Waals surface area contributed by atoms with Gasteiger partial charge in [-0.05, 0) is 88.5 Å². The summed E-state index contributed by atoms with van der Waals surface area (Å²) in [4.78, 5) is 21.0. The minimum atomic E-state index is -1.02. The molecule has 1 saturated heterocycles. The maximum atomic E-state index is 14.1. The van der Waals surface area contributed by atoms with Gasteiger partial charge in [0.05, 0.1) is 17.2 Å². The topological polar surface area (TPSA) is 87.8 Å². The summed E-state index contributed by atoms with van der Waals surface area (Å²) in [6.07, 6.45) is 6.30. The van der Waals surface area contributed by atoms with E-state index < -0.39 is 11.8 Å². The number of ether oxygens (including phenoxy) is 1. The molecule has 0 bridgehead atoms. The Labute approximate surface area is 235 Å². The van der Waals surface area contributed by atoms with Gasteiger partial charge in [-0.3, -0.25) is 9.69 Å². The van der Waals surface area contributed by atoms with Crippen molar-refractivity contribution in [2.45, 2.75) is 104 Å². The first-order valence-electron chi connectivity index (χ1n) is 14.2. The zero-order valence-corrected chi connectivity index (χ0v) is 25.0. The molecule has 1 aromatic carbocycles. The van der Waals surface area contributed by atoms with Gasteiger partial charge >= 0.3 is 0 Å². The molecule has 0 amide bonds. The summed E-state index contributed by atoms with van der Waals surface area (Å²) in [5.41, 5.74) is 4.03. The van der Waals surface area contributed by atoms with E-state index in [-0.39, 0.29) is 24.4 Å². The van der Waals surface area contributed by atoms with Crippen LogP contribution in [0.25, 0.3) is 0 Å². The lowest BCUT2D eigenvalue weighted by molar-refractivity contribution is -0.240. The fourth-order valence-electron chi connectivity index (χ4n) is 6.09. The minimum absolute atomic E-state index is 0.102. The monoisotopic (exact) mass is 589 g/mol. The molecular formula is C30H44BrN3O4. The smallest absolute Gasteiger partial charge is 0.216 e. The molecule has 8 heteroatoms. The highest BCUT2D eigenvalue weighted by atomic mass is 79.9. The van der Waals surface area contributed by atoms with Gasteiger partial charge in [-0.25, -0.2) is 4.98 Å². The number of aliphatic hydroxyl groups is 2. The Balaban J connectivity index is 1.52. The average Bonchev–Trinajstić information content (AvgIpc) is 3.17. The van der Waals surface area contributed by atoms with Crippen LogP contribution in [-0.2, 0) is 40.8 Å². The van der Waals surface area contributed by atoms with Crippen molar-refractivity contribution in [3.63, 3.8) is 0 Å². The molecule has 2 heterocycles. The van der Waals surface area contributed by atoms with Gasteiger partial charge in [0.1, 0.15) is 11.6 Å². The number of Topliss-reactive ketones (excluding diaryl/α,β-unsaturated/α-hetero) is 1. The van der Waals surface area contributed by atoms with Gasteiger partial charge in [0.2, 0.25) is 6.41 Å². The molecule has 0 saturated carbocycles. The highest BCUT2D eigenvalue weighted by Gasteiger charge is 2.52. The largest absolute Gasteiger partial charge is 0.396 e. The number of nitrogens with zero attached hydrogens (tertiary/aromatic N) is 3. The maximum Gasteiger partial charge on any atom is 0.216 e. The van der Waals surface area contributed by atoms with Crippen molar-refractivity contribution in [1.82, 2.24) is 14.5 Å². The normalized spacial score (nSPS) is 18.7. The van der Waals surface area contributed by atoms with E-state index in [4.69, 9.17) is 9.72 Å². The van der Waals surface area contributed by atoms with Crippen LogP contribution in [-0.4, -0.2) is 62.7 Å². The Morgan fingerprint density at radius 1 is 1.18 bits per heavy atom. The Hall–Kier alpha value is -1.58. The summed E-state index contributed by atoms with van der Waals surface area (Å²) in [5.74, 6) is 1.43. The van der Waals surface area contributed by atoms with Crippen molar-refractivity contribution in [2.75, 3.05) is 19.7 Å². The number of ketones is 1. The van der Waals surface area contributed by atoms with Crippen molar-refractivity contribution in [1.29, 1.82) is 0 Å². The quantitative estimate of drug-likeness (QED) is 0.260. The van der Waals surface area contributed by atoms with E-state index in [1.165, 1.54) is 24.2 Å². The first kappa shape index (κ1) is 29.4. The Bertz CT molecular complexity index is 1110. The summed E-state index contributed by atoms with van der Waals surface area (Å²) >= 11 is 3.60. The van der Waals surface area contributed by atoms with Gasteiger partial charge in [-0.1, -0.05) is 28.9 Å². The lowest BCUT2D eigenvalue weighted by Gasteiger charge is -2.51. The number of hydrogen-bond acceptors (Lipinski definition) is 6. The number of imidazole rings is 1. The number of fused-ring (bicyclic) bond motifs is 1. The van der Waals surface area contributed by atoms with Gasteiger partial charge in [0, 0.05) is 49.2 Å². The third-order valence-corrected chi connectivity index (χ3v) is 8.56. The number of benzene rings is 1. The van der Waals surface area contributed by atoms with E-state index in [0.29, 0.717) is 19.5 Å². The SMILES string of the molecule is Cc1ccc(Br)cc1C1(C(=O)CC(C)Cc2nc3c(n2CCCCO)CCCC3)CN(C(O)OC(C)C)C1. The van der Waals surface area contributed by atoms with Crippen molar-refractivity contribution < 1.29 is 19.7 Å². The molecule has 2 N–H and O–H groups in total. The number of likely N-dealkylation sites (tertiary alicyclic amines) is 1. The molecule has 1 aliphatic heterocycles. The van der Waals surface area contributed by atoms with E-state index in [2.05, 4.69) is 46.5 Å². The lowest BCUT2D eigenvalue weighted by atomic mass is 9.67. The van der Waals surface area contributed by atoms with Crippen molar-refractivity contribution in [3.8, 4) is 0 Å². The minimum Gasteiger partial charge on any atom is -0.396 e. The number of aliphatic hydroxyl groups excluding tert-OH is 2. The molecular weight excluding hydrogens is 546 g/mol. The molecule has 38 heavy (non-hydrogen) atoms. The van der Waals surface area contributed by atoms with E-state index >= 15 is 0 Å². The van der Waals surface area contributed by atoms with E-state index in [0.717, 1.165) is 60.1 Å². The second kappa shape index (κ2) is 12.7. The summed E-state index contributed by atoms with van der Waals surface area (Å²) in [5, 5.41) is 19.8. The molecule has 2 unspecified atom stereocenters. The van der Waals surface area contributed by atoms with Crippen LogP contribution in [0.4, 0.5) is 0 Å². The third-order valence-electron chi connectivity index (χ3n) is 8.07. The molecule has 1 aliphatic carbocycles. The second-order valence-corrected chi connectivity index (χ2v) is 12.5. The van der Waals surface area contributed by atoms with Gasteiger partial charge in [-0.15, -0.1) is 0 Å². The fraction of sp³-hybridized carbons (Fsp3) is 0.667. The summed E-state index contributed by atoms with van der Waals surface area (Å²) in [7, 11) is 0. The molecule has 2 atom stereocenters. The molecule has 7 nitrogen and oxygen atoms in total. The van der Waals surface area contributed by atoms with Crippen LogP contribution < -0.4 is 0 Å². The average molecular weight is 591 g/mol. The van der Waals surface area contributed by atoms with Gasteiger partial charge in [0.15, 0.2) is 0 Å². The summed E-state index contributed by atoms with van der Waals surface area (Å²) in [6, 6.07) is 6.12. The zero-order chi connectivity index (χ0) is 27.4. The van der Waals surface area contributed by atoms with E-state index in [1.807, 2.05) is 24.8 Å². The van der Waals surface area contributed by atoms with Crippen molar-refractivity contribution in [2.24, 2.45) is 5.92 Å².